The molecule has 0 amide bonds. The molecule has 1 aliphatic heterocycles. The van der Waals surface area contributed by atoms with Crippen molar-refractivity contribution in [3.63, 3.8) is 0 Å². The molecule has 4 nitrogen and oxygen atoms in total. The summed E-state index contributed by atoms with van der Waals surface area (Å²) in [6, 6.07) is 8.26. The Bertz CT molecular complexity index is 460. The lowest BCUT2D eigenvalue weighted by Gasteiger charge is -2.35. The van der Waals surface area contributed by atoms with Crippen LogP contribution in [0.4, 0.5) is 0 Å². The lowest BCUT2D eigenvalue weighted by atomic mass is 10.0. The molecule has 0 radical (unpaired) electrons. The molecular weight excluding hydrogens is 252 g/mol. The second kappa shape index (κ2) is 6.86. The van der Waals surface area contributed by atoms with E-state index < -0.39 is 0 Å². The Balaban J connectivity index is 2.01. The van der Waals surface area contributed by atoms with Crippen LogP contribution >= 0.6 is 0 Å². The van der Waals surface area contributed by atoms with Gasteiger partial charge in [0.15, 0.2) is 0 Å². The molecule has 1 saturated heterocycles. The summed E-state index contributed by atoms with van der Waals surface area (Å²) in [5, 5.41) is 3.56. The number of esters is 1. The van der Waals surface area contributed by atoms with Gasteiger partial charge < -0.3 is 10.1 Å². The molecule has 20 heavy (non-hydrogen) atoms. The average Bonchev–Trinajstić information content (AvgIpc) is 2.47. The SMILES string of the molecule is COC(=O)c1cccc(CN2CCNC(C(C)C)C2)c1. The van der Waals surface area contributed by atoms with Gasteiger partial charge in [-0.1, -0.05) is 26.0 Å². The van der Waals surface area contributed by atoms with Crippen LogP contribution in [-0.2, 0) is 11.3 Å². The lowest BCUT2D eigenvalue weighted by molar-refractivity contribution is 0.0600. The molecule has 0 aromatic heterocycles. The van der Waals surface area contributed by atoms with E-state index in [1.165, 1.54) is 7.11 Å². The van der Waals surface area contributed by atoms with Gasteiger partial charge in [0.2, 0.25) is 0 Å². The van der Waals surface area contributed by atoms with Gasteiger partial charge >= 0.3 is 5.97 Å². The van der Waals surface area contributed by atoms with E-state index in [4.69, 9.17) is 4.74 Å². The fourth-order valence-corrected chi connectivity index (χ4v) is 2.60. The van der Waals surface area contributed by atoms with E-state index in [1.54, 1.807) is 6.07 Å². The molecule has 1 N–H and O–H groups in total. The number of hydrogen-bond acceptors (Lipinski definition) is 4. The molecule has 1 aliphatic rings. The molecule has 1 unspecified atom stereocenters. The van der Waals surface area contributed by atoms with Gasteiger partial charge in [-0.3, -0.25) is 4.90 Å². The Kier molecular flexibility index (Phi) is 5.15. The van der Waals surface area contributed by atoms with Crippen LogP contribution in [-0.4, -0.2) is 43.7 Å². The molecule has 1 aromatic carbocycles. The van der Waals surface area contributed by atoms with Crippen molar-refractivity contribution in [3.05, 3.63) is 35.4 Å². The van der Waals surface area contributed by atoms with Crippen LogP contribution in [0.1, 0.15) is 29.8 Å². The van der Waals surface area contributed by atoms with E-state index in [0.717, 1.165) is 31.7 Å². The number of carbonyl (C=O) groups excluding carboxylic acids is 1. The van der Waals surface area contributed by atoms with E-state index in [9.17, 15) is 4.79 Å². The molecule has 0 saturated carbocycles. The van der Waals surface area contributed by atoms with Crippen LogP contribution in [0.25, 0.3) is 0 Å². The van der Waals surface area contributed by atoms with Crippen molar-refractivity contribution in [1.82, 2.24) is 10.2 Å². The minimum atomic E-state index is -0.271. The summed E-state index contributed by atoms with van der Waals surface area (Å²) >= 11 is 0. The summed E-state index contributed by atoms with van der Waals surface area (Å²) in [5.74, 6) is 0.367. The molecule has 0 aliphatic carbocycles. The Hall–Kier alpha value is -1.39. The van der Waals surface area contributed by atoms with Gasteiger partial charge in [0.25, 0.3) is 0 Å². The maximum Gasteiger partial charge on any atom is 0.337 e. The largest absolute Gasteiger partial charge is 0.465 e. The maximum absolute atomic E-state index is 11.6. The summed E-state index contributed by atoms with van der Waals surface area (Å²) in [6.07, 6.45) is 0. The van der Waals surface area contributed by atoms with Gasteiger partial charge in [-0.25, -0.2) is 4.79 Å². The van der Waals surface area contributed by atoms with Crippen LogP contribution < -0.4 is 5.32 Å². The molecule has 1 heterocycles. The molecule has 2 rings (SSSR count). The summed E-state index contributed by atoms with van der Waals surface area (Å²) in [5.41, 5.74) is 1.79. The van der Waals surface area contributed by atoms with Crippen LogP contribution in [0.15, 0.2) is 24.3 Å². The minimum Gasteiger partial charge on any atom is -0.465 e. The molecular formula is C16H24N2O2. The van der Waals surface area contributed by atoms with Crippen molar-refractivity contribution in [2.45, 2.75) is 26.4 Å². The third kappa shape index (κ3) is 3.81. The molecule has 110 valence electrons. The highest BCUT2D eigenvalue weighted by molar-refractivity contribution is 5.89. The number of carbonyl (C=O) groups is 1. The van der Waals surface area contributed by atoms with Crippen molar-refractivity contribution in [1.29, 1.82) is 0 Å². The third-order valence-electron chi connectivity index (χ3n) is 3.85. The predicted octanol–water partition coefficient (Wildman–Crippen LogP) is 1.90. The molecule has 0 bridgehead atoms. The summed E-state index contributed by atoms with van der Waals surface area (Å²) in [6.45, 7) is 8.51. The van der Waals surface area contributed by atoms with Gasteiger partial charge in [0.1, 0.15) is 0 Å². The number of nitrogens with one attached hydrogen (secondary N) is 1. The fraction of sp³-hybridized carbons (Fsp3) is 0.562. The average molecular weight is 276 g/mol. The van der Waals surface area contributed by atoms with Crippen molar-refractivity contribution >= 4 is 5.97 Å². The monoisotopic (exact) mass is 276 g/mol. The van der Waals surface area contributed by atoms with Crippen LogP contribution in [0.2, 0.25) is 0 Å². The van der Waals surface area contributed by atoms with E-state index in [2.05, 4.69) is 30.1 Å². The highest BCUT2D eigenvalue weighted by atomic mass is 16.5. The van der Waals surface area contributed by atoms with Crippen LogP contribution in [0.5, 0.6) is 0 Å². The van der Waals surface area contributed by atoms with Crippen LogP contribution in [0, 0.1) is 5.92 Å². The first-order valence-corrected chi connectivity index (χ1v) is 7.23. The smallest absolute Gasteiger partial charge is 0.337 e. The van der Waals surface area contributed by atoms with E-state index >= 15 is 0 Å². The quantitative estimate of drug-likeness (QED) is 0.853. The number of benzene rings is 1. The highest BCUT2D eigenvalue weighted by Gasteiger charge is 2.21. The molecule has 4 heteroatoms. The van der Waals surface area contributed by atoms with Gasteiger partial charge in [-0.05, 0) is 23.6 Å². The van der Waals surface area contributed by atoms with Crippen molar-refractivity contribution in [2.24, 2.45) is 5.92 Å². The Morgan fingerprint density at radius 3 is 3.00 bits per heavy atom. The first kappa shape index (κ1) is 15.0. The molecule has 1 fully saturated rings. The zero-order valence-corrected chi connectivity index (χ0v) is 12.6. The Morgan fingerprint density at radius 1 is 1.50 bits per heavy atom. The second-order valence-electron chi connectivity index (χ2n) is 5.73. The van der Waals surface area contributed by atoms with Crippen molar-refractivity contribution in [3.8, 4) is 0 Å². The number of rotatable bonds is 4. The normalized spacial score (nSPS) is 20.1. The standard InChI is InChI=1S/C16H24N2O2/c1-12(2)15-11-18(8-7-17-15)10-13-5-4-6-14(9-13)16(19)20-3/h4-6,9,12,15,17H,7-8,10-11H2,1-3H3. The second-order valence-corrected chi connectivity index (χ2v) is 5.73. The first-order valence-electron chi connectivity index (χ1n) is 7.23. The molecule has 1 aromatic rings. The third-order valence-corrected chi connectivity index (χ3v) is 3.85. The summed E-state index contributed by atoms with van der Waals surface area (Å²) in [7, 11) is 1.42. The predicted molar refractivity (Wildman–Crippen MR) is 79.7 cm³/mol. The van der Waals surface area contributed by atoms with E-state index in [1.807, 2.05) is 12.1 Å². The topological polar surface area (TPSA) is 41.6 Å². The molecule has 1 atom stereocenters. The Labute approximate surface area is 121 Å². The van der Waals surface area contributed by atoms with Gasteiger partial charge in [-0.2, -0.15) is 0 Å². The first-order chi connectivity index (χ1) is 9.60. The zero-order valence-electron chi connectivity index (χ0n) is 12.6. The maximum atomic E-state index is 11.6. The lowest BCUT2D eigenvalue weighted by Crippen LogP contribution is -2.52. The minimum absolute atomic E-state index is 0.271. The Morgan fingerprint density at radius 2 is 2.30 bits per heavy atom. The number of hydrogen-bond donors (Lipinski definition) is 1. The molecule has 0 spiro atoms. The van der Waals surface area contributed by atoms with Crippen molar-refractivity contribution < 1.29 is 9.53 Å². The van der Waals surface area contributed by atoms with E-state index in [0.29, 0.717) is 17.5 Å². The zero-order chi connectivity index (χ0) is 14.5. The van der Waals surface area contributed by atoms with E-state index in [-0.39, 0.29) is 5.97 Å². The number of ether oxygens (including phenoxy) is 1. The number of piperazine rings is 1. The van der Waals surface area contributed by atoms with Crippen molar-refractivity contribution in [2.75, 3.05) is 26.7 Å². The van der Waals surface area contributed by atoms with Gasteiger partial charge in [0.05, 0.1) is 12.7 Å². The summed E-state index contributed by atoms with van der Waals surface area (Å²) in [4.78, 5) is 14.0. The summed E-state index contributed by atoms with van der Waals surface area (Å²) < 4.78 is 4.77. The number of methoxy groups -OCH3 is 1. The number of nitrogens with zero attached hydrogens (tertiary/aromatic N) is 1. The highest BCUT2D eigenvalue weighted by Crippen LogP contribution is 2.13. The van der Waals surface area contributed by atoms with Gasteiger partial charge in [-0.15, -0.1) is 0 Å². The fourth-order valence-electron chi connectivity index (χ4n) is 2.60. The van der Waals surface area contributed by atoms with Gasteiger partial charge in [0, 0.05) is 32.2 Å². The van der Waals surface area contributed by atoms with Crippen LogP contribution in [0.3, 0.4) is 0 Å².